The van der Waals surface area contributed by atoms with Crippen molar-refractivity contribution in [2.24, 2.45) is 0 Å². The first-order valence-electron chi connectivity index (χ1n) is 7.48. The number of benzene rings is 2. The standard InChI is InChI=1S/C18H13F2N5O/c19-12-4-5-15(20)11(6-12)9-26-13-3-1-2-10(7-13)16-14(8-21)17(22)25-18(23)24-16/h1-7H,9H2,(H4,22,23,24,25). The molecule has 8 heteroatoms. The van der Waals surface area contributed by atoms with Gasteiger partial charge in [-0.25, -0.2) is 13.8 Å². The quantitative estimate of drug-likeness (QED) is 0.746. The van der Waals surface area contributed by atoms with Gasteiger partial charge in [-0.05, 0) is 30.3 Å². The van der Waals surface area contributed by atoms with Gasteiger partial charge >= 0.3 is 0 Å². The second-order valence-electron chi connectivity index (χ2n) is 5.35. The van der Waals surface area contributed by atoms with E-state index in [9.17, 15) is 14.0 Å². The van der Waals surface area contributed by atoms with Crippen molar-refractivity contribution in [1.82, 2.24) is 9.97 Å². The summed E-state index contributed by atoms with van der Waals surface area (Å²) in [6, 6.07) is 11.7. The highest BCUT2D eigenvalue weighted by Crippen LogP contribution is 2.28. The Morgan fingerprint density at radius 3 is 2.65 bits per heavy atom. The molecular formula is C18H13F2N5O. The van der Waals surface area contributed by atoms with Crippen LogP contribution in [0.4, 0.5) is 20.5 Å². The minimum Gasteiger partial charge on any atom is -0.489 e. The molecule has 4 N–H and O–H groups in total. The van der Waals surface area contributed by atoms with E-state index in [2.05, 4.69) is 9.97 Å². The van der Waals surface area contributed by atoms with Crippen molar-refractivity contribution in [3.8, 4) is 23.1 Å². The zero-order valence-electron chi connectivity index (χ0n) is 13.4. The van der Waals surface area contributed by atoms with Gasteiger partial charge in [-0.15, -0.1) is 0 Å². The summed E-state index contributed by atoms with van der Waals surface area (Å²) in [5, 5.41) is 9.27. The first-order valence-corrected chi connectivity index (χ1v) is 7.48. The van der Waals surface area contributed by atoms with E-state index >= 15 is 0 Å². The molecule has 0 amide bonds. The lowest BCUT2D eigenvalue weighted by Gasteiger charge is -2.10. The topological polar surface area (TPSA) is 111 Å². The Morgan fingerprint density at radius 2 is 1.88 bits per heavy atom. The fourth-order valence-electron chi connectivity index (χ4n) is 2.36. The summed E-state index contributed by atoms with van der Waals surface area (Å²) in [7, 11) is 0. The van der Waals surface area contributed by atoms with E-state index in [0.29, 0.717) is 11.3 Å². The highest BCUT2D eigenvalue weighted by molar-refractivity contribution is 5.73. The van der Waals surface area contributed by atoms with Crippen LogP contribution in [0.25, 0.3) is 11.3 Å². The molecule has 0 aliphatic rings. The molecule has 1 aromatic heterocycles. The molecule has 0 bridgehead atoms. The van der Waals surface area contributed by atoms with Crippen LogP contribution in [0.3, 0.4) is 0 Å². The summed E-state index contributed by atoms with van der Waals surface area (Å²) < 4.78 is 32.4. The minimum atomic E-state index is -0.564. The Morgan fingerprint density at radius 1 is 1.08 bits per heavy atom. The average molecular weight is 353 g/mol. The number of aromatic nitrogens is 2. The number of rotatable bonds is 4. The molecule has 1 heterocycles. The smallest absolute Gasteiger partial charge is 0.222 e. The number of halogens is 2. The van der Waals surface area contributed by atoms with E-state index in [0.717, 1.165) is 18.2 Å². The second-order valence-corrected chi connectivity index (χ2v) is 5.35. The first-order chi connectivity index (χ1) is 12.5. The predicted octanol–water partition coefficient (Wildman–Crippen LogP) is 3.04. The van der Waals surface area contributed by atoms with Gasteiger partial charge in [-0.3, -0.25) is 0 Å². The Bertz CT molecular complexity index is 1020. The van der Waals surface area contributed by atoms with Gasteiger partial charge in [0, 0.05) is 11.1 Å². The van der Waals surface area contributed by atoms with E-state index in [-0.39, 0.29) is 35.2 Å². The highest BCUT2D eigenvalue weighted by atomic mass is 19.1. The Balaban J connectivity index is 1.90. The fraction of sp³-hybridized carbons (Fsp3) is 0.0556. The molecule has 0 saturated heterocycles. The maximum atomic E-state index is 13.7. The Hall–Kier alpha value is -3.73. The zero-order chi connectivity index (χ0) is 18.7. The molecule has 0 unspecified atom stereocenters. The van der Waals surface area contributed by atoms with E-state index in [1.165, 1.54) is 0 Å². The zero-order valence-corrected chi connectivity index (χ0v) is 13.4. The van der Waals surface area contributed by atoms with Crippen molar-refractivity contribution in [3.05, 3.63) is 65.2 Å². The first kappa shape index (κ1) is 17.1. The molecule has 130 valence electrons. The fourth-order valence-corrected chi connectivity index (χ4v) is 2.36. The Labute approximate surface area is 147 Å². The maximum absolute atomic E-state index is 13.7. The summed E-state index contributed by atoms with van der Waals surface area (Å²) in [4.78, 5) is 7.82. The summed E-state index contributed by atoms with van der Waals surface area (Å²) in [5.74, 6) is -0.825. The van der Waals surface area contributed by atoms with E-state index in [4.69, 9.17) is 16.2 Å². The number of nitriles is 1. The normalized spacial score (nSPS) is 10.3. The molecule has 0 atom stereocenters. The molecule has 26 heavy (non-hydrogen) atoms. The van der Waals surface area contributed by atoms with Crippen LogP contribution in [-0.4, -0.2) is 9.97 Å². The lowest BCUT2D eigenvalue weighted by atomic mass is 10.1. The molecule has 3 rings (SSSR count). The van der Waals surface area contributed by atoms with Gasteiger partial charge in [0.05, 0.1) is 5.69 Å². The summed E-state index contributed by atoms with van der Waals surface area (Å²) in [6.07, 6.45) is 0. The lowest BCUT2D eigenvalue weighted by Crippen LogP contribution is -2.05. The largest absolute Gasteiger partial charge is 0.489 e. The van der Waals surface area contributed by atoms with E-state index < -0.39 is 11.6 Å². The molecule has 3 aromatic rings. The highest BCUT2D eigenvalue weighted by Gasteiger charge is 2.14. The van der Waals surface area contributed by atoms with Crippen molar-refractivity contribution in [2.45, 2.75) is 6.61 Å². The van der Waals surface area contributed by atoms with Crippen molar-refractivity contribution in [1.29, 1.82) is 5.26 Å². The predicted molar refractivity (Wildman–Crippen MR) is 91.7 cm³/mol. The number of nitrogens with two attached hydrogens (primary N) is 2. The number of nitrogens with zero attached hydrogens (tertiary/aromatic N) is 3. The molecule has 0 radical (unpaired) electrons. The lowest BCUT2D eigenvalue weighted by molar-refractivity contribution is 0.299. The monoisotopic (exact) mass is 353 g/mol. The summed E-state index contributed by atoms with van der Waals surface area (Å²) in [6.45, 7) is -0.161. The van der Waals surface area contributed by atoms with Crippen molar-refractivity contribution in [3.63, 3.8) is 0 Å². The van der Waals surface area contributed by atoms with Crippen molar-refractivity contribution >= 4 is 11.8 Å². The minimum absolute atomic E-state index is 0.0249. The van der Waals surface area contributed by atoms with Crippen LogP contribution in [0.15, 0.2) is 42.5 Å². The van der Waals surface area contributed by atoms with E-state index in [1.54, 1.807) is 24.3 Å². The van der Waals surface area contributed by atoms with E-state index in [1.807, 2.05) is 6.07 Å². The third kappa shape index (κ3) is 3.52. The van der Waals surface area contributed by atoms with Crippen LogP contribution in [0.2, 0.25) is 0 Å². The van der Waals surface area contributed by atoms with Crippen LogP contribution in [0.5, 0.6) is 5.75 Å². The number of ether oxygens (including phenoxy) is 1. The van der Waals surface area contributed by atoms with Gasteiger partial charge < -0.3 is 16.2 Å². The molecule has 6 nitrogen and oxygen atoms in total. The van der Waals surface area contributed by atoms with Crippen LogP contribution in [0.1, 0.15) is 11.1 Å². The molecule has 0 saturated carbocycles. The average Bonchev–Trinajstić information content (AvgIpc) is 2.62. The van der Waals surface area contributed by atoms with Crippen molar-refractivity contribution < 1.29 is 13.5 Å². The number of anilines is 2. The van der Waals surface area contributed by atoms with Gasteiger partial charge in [-0.1, -0.05) is 12.1 Å². The third-order valence-corrected chi connectivity index (χ3v) is 3.58. The van der Waals surface area contributed by atoms with Gasteiger partial charge in [0.25, 0.3) is 0 Å². The molecule has 0 aliphatic carbocycles. The van der Waals surface area contributed by atoms with Crippen LogP contribution < -0.4 is 16.2 Å². The Kier molecular flexibility index (Phi) is 4.62. The van der Waals surface area contributed by atoms with Gasteiger partial charge in [0.2, 0.25) is 5.95 Å². The second kappa shape index (κ2) is 7.03. The molecule has 0 fully saturated rings. The molecule has 2 aromatic carbocycles. The summed E-state index contributed by atoms with van der Waals surface area (Å²) >= 11 is 0. The number of nitrogen functional groups attached to an aromatic ring is 2. The van der Waals surface area contributed by atoms with Crippen LogP contribution in [0, 0.1) is 23.0 Å². The van der Waals surface area contributed by atoms with Gasteiger partial charge in [0.15, 0.2) is 0 Å². The number of hydrogen-bond donors (Lipinski definition) is 2. The summed E-state index contributed by atoms with van der Waals surface area (Å²) in [5.41, 5.74) is 12.3. The number of hydrogen-bond acceptors (Lipinski definition) is 6. The third-order valence-electron chi connectivity index (χ3n) is 3.58. The van der Waals surface area contributed by atoms with Crippen LogP contribution in [-0.2, 0) is 6.61 Å². The SMILES string of the molecule is N#Cc1c(N)nc(N)nc1-c1cccc(OCc2cc(F)ccc2F)c1. The molecule has 0 spiro atoms. The van der Waals surface area contributed by atoms with Crippen LogP contribution >= 0.6 is 0 Å². The van der Waals surface area contributed by atoms with Gasteiger partial charge in [0.1, 0.15) is 41.4 Å². The van der Waals surface area contributed by atoms with Gasteiger partial charge in [-0.2, -0.15) is 10.2 Å². The molecular weight excluding hydrogens is 340 g/mol. The molecule has 0 aliphatic heterocycles. The maximum Gasteiger partial charge on any atom is 0.222 e. The van der Waals surface area contributed by atoms with Crippen molar-refractivity contribution in [2.75, 3.05) is 11.5 Å².